The van der Waals surface area contributed by atoms with Crippen molar-refractivity contribution in [1.29, 1.82) is 0 Å². The summed E-state index contributed by atoms with van der Waals surface area (Å²) in [7, 11) is 0. The maximum absolute atomic E-state index is 12.2. The molecule has 2 aliphatic rings. The molecule has 0 aromatic rings. The van der Waals surface area contributed by atoms with Crippen molar-refractivity contribution in [1.82, 2.24) is 0 Å². The Bertz CT molecular complexity index is 570. The lowest BCUT2D eigenvalue weighted by molar-refractivity contribution is -0.137. The summed E-state index contributed by atoms with van der Waals surface area (Å²) in [6.07, 6.45) is 7.87. The van der Waals surface area contributed by atoms with E-state index in [1.807, 2.05) is 0 Å². The molecule has 3 heteroatoms. The van der Waals surface area contributed by atoms with E-state index in [1.54, 1.807) is 0 Å². The van der Waals surface area contributed by atoms with Gasteiger partial charge in [-0.1, -0.05) is 52.3 Å². The van der Waals surface area contributed by atoms with E-state index in [2.05, 4.69) is 46.8 Å². The van der Waals surface area contributed by atoms with Gasteiger partial charge in [0.15, 0.2) is 5.78 Å². The largest absolute Gasteiger partial charge is 0.481 e. The fraction of sp³-hybridized carbons (Fsp3) is 0.714. The minimum Gasteiger partial charge on any atom is -0.481 e. The molecule has 4 atom stereocenters. The smallest absolute Gasteiger partial charge is 0.307 e. The molecule has 134 valence electrons. The number of aliphatic carboxylic acids is 1. The molecule has 0 radical (unpaired) electrons. The maximum Gasteiger partial charge on any atom is 0.307 e. The van der Waals surface area contributed by atoms with E-state index in [-0.39, 0.29) is 17.6 Å². The number of ketones is 1. The molecular formula is C21H32O3. The van der Waals surface area contributed by atoms with Gasteiger partial charge in [0.2, 0.25) is 0 Å². The van der Waals surface area contributed by atoms with Gasteiger partial charge < -0.3 is 5.11 Å². The minimum absolute atomic E-state index is 0.0104. The second kappa shape index (κ2) is 7.25. The van der Waals surface area contributed by atoms with Crippen LogP contribution in [0.4, 0.5) is 0 Å². The molecule has 0 saturated heterocycles. The molecule has 1 fully saturated rings. The predicted molar refractivity (Wildman–Crippen MR) is 96.7 cm³/mol. The van der Waals surface area contributed by atoms with Crippen LogP contribution in [0.1, 0.15) is 66.7 Å². The van der Waals surface area contributed by atoms with Crippen LogP contribution in [0.3, 0.4) is 0 Å². The third kappa shape index (κ3) is 3.65. The number of fused-ring (bicyclic) bond motifs is 1. The van der Waals surface area contributed by atoms with Crippen molar-refractivity contribution in [3.8, 4) is 0 Å². The molecule has 3 nitrogen and oxygen atoms in total. The van der Waals surface area contributed by atoms with Gasteiger partial charge in [-0.2, -0.15) is 0 Å². The van der Waals surface area contributed by atoms with E-state index in [9.17, 15) is 9.59 Å². The van der Waals surface area contributed by atoms with Crippen molar-refractivity contribution < 1.29 is 14.7 Å². The van der Waals surface area contributed by atoms with Gasteiger partial charge in [0.25, 0.3) is 0 Å². The lowest BCUT2D eigenvalue weighted by atomic mass is 9.64. The number of allylic oxidation sites excluding steroid dienone is 3. The molecule has 0 spiro atoms. The first-order chi connectivity index (χ1) is 11.2. The molecule has 2 aliphatic carbocycles. The molecule has 0 aliphatic heterocycles. The Hall–Kier alpha value is -1.38. The number of Topliss-reactive ketones (excluding diaryl/α,β-unsaturated/α-hetero) is 1. The molecule has 0 aromatic carbocycles. The van der Waals surface area contributed by atoms with E-state index in [0.717, 1.165) is 24.8 Å². The summed E-state index contributed by atoms with van der Waals surface area (Å²) in [5.74, 6) is 1.32. The first kappa shape index (κ1) is 19.0. The first-order valence-electron chi connectivity index (χ1n) is 9.32. The monoisotopic (exact) mass is 332 g/mol. The van der Waals surface area contributed by atoms with E-state index in [4.69, 9.17) is 5.11 Å². The van der Waals surface area contributed by atoms with E-state index < -0.39 is 5.97 Å². The lowest BCUT2D eigenvalue weighted by Gasteiger charge is -2.39. The van der Waals surface area contributed by atoms with E-state index in [0.29, 0.717) is 35.7 Å². The highest BCUT2D eigenvalue weighted by Gasteiger charge is 2.48. The molecule has 2 rings (SSSR count). The SMILES string of the molecule is CC(C)[C@@H](C)/C=C/[C@@H](C)[C@H]1CCC2=C(CC(=O)O)C(=O)CC[C@@]21C. The molecule has 24 heavy (non-hydrogen) atoms. The third-order valence-corrected chi connectivity index (χ3v) is 6.52. The van der Waals surface area contributed by atoms with Gasteiger partial charge in [0, 0.05) is 12.0 Å². The van der Waals surface area contributed by atoms with Gasteiger partial charge in [-0.15, -0.1) is 0 Å². The molecule has 0 aromatic heterocycles. The molecule has 1 N–H and O–H groups in total. The summed E-state index contributed by atoms with van der Waals surface area (Å²) in [4.78, 5) is 23.4. The zero-order valence-corrected chi connectivity index (χ0v) is 15.8. The molecule has 1 saturated carbocycles. The van der Waals surface area contributed by atoms with Gasteiger partial charge in [0.05, 0.1) is 6.42 Å². The molecule has 0 bridgehead atoms. The number of hydrogen-bond acceptors (Lipinski definition) is 2. The van der Waals surface area contributed by atoms with Crippen LogP contribution >= 0.6 is 0 Å². The Labute approximate surface area is 146 Å². The Morgan fingerprint density at radius 2 is 1.92 bits per heavy atom. The van der Waals surface area contributed by atoms with Crippen LogP contribution in [-0.4, -0.2) is 16.9 Å². The molecular weight excluding hydrogens is 300 g/mol. The van der Waals surface area contributed by atoms with Gasteiger partial charge in [-0.3, -0.25) is 9.59 Å². The number of rotatable bonds is 6. The summed E-state index contributed by atoms with van der Waals surface area (Å²) in [6.45, 7) is 11.3. The summed E-state index contributed by atoms with van der Waals surface area (Å²) >= 11 is 0. The van der Waals surface area contributed by atoms with Crippen LogP contribution in [-0.2, 0) is 9.59 Å². The van der Waals surface area contributed by atoms with Crippen molar-refractivity contribution in [3.63, 3.8) is 0 Å². The molecule has 0 unspecified atom stereocenters. The normalized spacial score (nSPS) is 30.1. The Morgan fingerprint density at radius 3 is 2.50 bits per heavy atom. The van der Waals surface area contributed by atoms with Crippen molar-refractivity contribution >= 4 is 11.8 Å². The Kier molecular flexibility index (Phi) is 5.72. The average molecular weight is 332 g/mol. The van der Waals surface area contributed by atoms with Crippen molar-refractivity contribution in [2.45, 2.75) is 66.7 Å². The number of carbonyl (C=O) groups is 2. The summed E-state index contributed by atoms with van der Waals surface area (Å²) in [5.41, 5.74) is 1.73. The second-order valence-electron chi connectivity index (χ2n) is 8.36. The second-order valence-corrected chi connectivity index (χ2v) is 8.36. The number of carboxylic acids is 1. The van der Waals surface area contributed by atoms with Crippen LogP contribution in [0.15, 0.2) is 23.3 Å². The number of hydrogen-bond donors (Lipinski definition) is 1. The number of carbonyl (C=O) groups excluding carboxylic acids is 1. The van der Waals surface area contributed by atoms with Crippen LogP contribution in [0.25, 0.3) is 0 Å². The minimum atomic E-state index is -0.891. The van der Waals surface area contributed by atoms with Crippen molar-refractivity contribution in [2.24, 2.45) is 29.1 Å². The predicted octanol–water partition coefficient (Wildman–Crippen LogP) is 5.02. The lowest BCUT2D eigenvalue weighted by Crippen LogP contribution is -2.33. The van der Waals surface area contributed by atoms with Crippen molar-refractivity contribution in [2.75, 3.05) is 0 Å². The highest BCUT2D eigenvalue weighted by molar-refractivity contribution is 6.00. The van der Waals surface area contributed by atoms with Gasteiger partial charge in [-0.25, -0.2) is 0 Å². The Balaban J connectivity index is 2.25. The third-order valence-electron chi connectivity index (χ3n) is 6.52. The summed E-state index contributed by atoms with van der Waals surface area (Å²) in [6, 6.07) is 0. The van der Waals surface area contributed by atoms with Gasteiger partial charge >= 0.3 is 5.97 Å². The van der Waals surface area contributed by atoms with E-state index >= 15 is 0 Å². The highest BCUT2D eigenvalue weighted by atomic mass is 16.4. The maximum atomic E-state index is 12.2. The van der Waals surface area contributed by atoms with Crippen LogP contribution in [0.2, 0.25) is 0 Å². The summed E-state index contributed by atoms with van der Waals surface area (Å²) in [5, 5.41) is 9.16. The zero-order valence-electron chi connectivity index (χ0n) is 15.8. The molecule has 0 heterocycles. The Morgan fingerprint density at radius 1 is 1.25 bits per heavy atom. The van der Waals surface area contributed by atoms with Crippen LogP contribution < -0.4 is 0 Å². The fourth-order valence-corrected chi connectivity index (χ4v) is 4.56. The zero-order chi connectivity index (χ0) is 18.1. The van der Waals surface area contributed by atoms with Crippen molar-refractivity contribution in [3.05, 3.63) is 23.3 Å². The van der Waals surface area contributed by atoms with Gasteiger partial charge in [0.1, 0.15) is 0 Å². The number of carboxylic acid groups (broad SMARTS) is 1. The highest BCUT2D eigenvalue weighted by Crippen LogP contribution is 2.57. The summed E-state index contributed by atoms with van der Waals surface area (Å²) < 4.78 is 0. The average Bonchev–Trinajstić information content (AvgIpc) is 2.85. The topological polar surface area (TPSA) is 54.4 Å². The first-order valence-corrected chi connectivity index (χ1v) is 9.32. The standard InChI is InChI=1S/C21H32O3/c1-13(2)14(3)6-7-15(4)17-8-9-18-16(12-20(23)24)19(22)10-11-21(17,18)5/h6-7,13-15,17H,8-12H2,1-5H3,(H,23,24)/b7-6+/t14-,15+,17+,21+/m0/s1. The van der Waals surface area contributed by atoms with E-state index in [1.165, 1.54) is 0 Å². The van der Waals surface area contributed by atoms with Crippen LogP contribution in [0.5, 0.6) is 0 Å². The van der Waals surface area contributed by atoms with Gasteiger partial charge in [-0.05, 0) is 48.3 Å². The quantitative estimate of drug-likeness (QED) is 0.695. The van der Waals surface area contributed by atoms with Crippen LogP contribution in [0, 0.1) is 29.1 Å². The fourth-order valence-electron chi connectivity index (χ4n) is 4.56. The molecule has 0 amide bonds.